The van der Waals surface area contributed by atoms with E-state index in [-0.39, 0.29) is 11.7 Å². The number of hydrogen-bond donors (Lipinski definition) is 1. The zero-order valence-corrected chi connectivity index (χ0v) is 11.4. The molecule has 0 saturated carbocycles. The first-order valence-corrected chi connectivity index (χ1v) is 7.68. The molecule has 1 aliphatic heterocycles. The van der Waals surface area contributed by atoms with E-state index in [9.17, 15) is 9.90 Å². The molecule has 0 aliphatic carbocycles. The fourth-order valence-corrected chi connectivity index (χ4v) is 3.69. The Hall–Kier alpha value is -1.32. The van der Waals surface area contributed by atoms with Gasteiger partial charge < -0.3 is 5.11 Å². The Labute approximate surface area is 116 Å². The van der Waals surface area contributed by atoms with Gasteiger partial charge in [0.1, 0.15) is 5.78 Å². The maximum absolute atomic E-state index is 11.9. The number of hydrogen-bond acceptors (Lipinski definition) is 3. The number of thioether (sulfide) groups is 1. The second-order valence-corrected chi connectivity index (χ2v) is 6.10. The number of rotatable bonds is 2. The quantitative estimate of drug-likeness (QED) is 0.912. The average molecular weight is 272 g/mol. The van der Waals surface area contributed by atoms with Crippen molar-refractivity contribution in [3.63, 3.8) is 0 Å². The van der Waals surface area contributed by atoms with Gasteiger partial charge in [-0.1, -0.05) is 36.4 Å². The molecule has 3 rings (SSSR count). The van der Waals surface area contributed by atoms with E-state index in [1.807, 2.05) is 42.5 Å². The summed E-state index contributed by atoms with van der Waals surface area (Å²) in [5, 5.41) is 12.7. The standard InChI is InChI=1S/C16H16O2S/c17-15-7-8-19-10-14(15)16(18)13-6-5-11-3-1-2-4-12(11)9-13/h1-6,9,14,16,18H,7-8,10H2/t14-,16+/m1/s1. The highest BCUT2D eigenvalue weighted by molar-refractivity contribution is 7.99. The normalized spacial score (nSPS) is 21.5. The number of aliphatic hydroxyl groups is 1. The minimum atomic E-state index is -0.676. The Bertz CT molecular complexity index is 608. The lowest BCUT2D eigenvalue weighted by molar-refractivity contribution is -0.125. The SMILES string of the molecule is O=C1CCSC[C@H]1[C@@H](O)c1ccc2ccccc2c1. The van der Waals surface area contributed by atoms with Crippen LogP contribution in [-0.2, 0) is 4.79 Å². The van der Waals surface area contributed by atoms with Gasteiger partial charge in [0.05, 0.1) is 12.0 Å². The predicted molar refractivity (Wildman–Crippen MR) is 79.3 cm³/mol. The van der Waals surface area contributed by atoms with Crippen molar-refractivity contribution >= 4 is 28.3 Å². The topological polar surface area (TPSA) is 37.3 Å². The first kappa shape index (κ1) is 12.7. The molecule has 2 aromatic carbocycles. The van der Waals surface area contributed by atoms with Crippen LogP contribution in [0.2, 0.25) is 0 Å². The molecule has 0 bridgehead atoms. The molecule has 2 aromatic rings. The number of Topliss-reactive ketones (excluding diaryl/α,β-unsaturated/α-hetero) is 1. The van der Waals surface area contributed by atoms with E-state index in [1.54, 1.807) is 11.8 Å². The third kappa shape index (κ3) is 2.53. The van der Waals surface area contributed by atoms with Crippen molar-refractivity contribution in [2.75, 3.05) is 11.5 Å². The summed E-state index contributed by atoms with van der Waals surface area (Å²) >= 11 is 1.75. The highest BCUT2D eigenvalue weighted by Gasteiger charge is 2.30. The summed E-state index contributed by atoms with van der Waals surface area (Å²) in [6.45, 7) is 0. The Morgan fingerprint density at radius 2 is 1.95 bits per heavy atom. The predicted octanol–water partition coefficient (Wildman–Crippen LogP) is 3.20. The first-order chi connectivity index (χ1) is 9.25. The molecule has 0 unspecified atom stereocenters. The molecule has 2 nitrogen and oxygen atoms in total. The fourth-order valence-electron chi connectivity index (χ4n) is 2.55. The van der Waals surface area contributed by atoms with Gasteiger partial charge in [-0.15, -0.1) is 0 Å². The zero-order valence-electron chi connectivity index (χ0n) is 10.6. The highest BCUT2D eigenvalue weighted by Crippen LogP contribution is 2.32. The van der Waals surface area contributed by atoms with E-state index in [1.165, 1.54) is 0 Å². The molecule has 1 saturated heterocycles. The summed E-state index contributed by atoms with van der Waals surface area (Å²) in [4.78, 5) is 11.9. The second kappa shape index (κ2) is 5.35. The van der Waals surface area contributed by atoms with Crippen molar-refractivity contribution < 1.29 is 9.90 Å². The molecule has 0 aromatic heterocycles. The van der Waals surface area contributed by atoms with Crippen LogP contribution in [0.3, 0.4) is 0 Å². The van der Waals surface area contributed by atoms with E-state index in [0.29, 0.717) is 6.42 Å². The molecule has 98 valence electrons. The van der Waals surface area contributed by atoms with Crippen LogP contribution in [-0.4, -0.2) is 22.4 Å². The van der Waals surface area contributed by atoms with Crippen LogP contribution < -0.4 is 0 Å². The van der Waals surface area contributed by atoms with Crippen LogP contribution in [0, 0.1) is 5.92 Å². The van der Waals surface area contributed by atoms with Gasteiger partial charge in [0.15, 0.2) is 0 Å². The number of ketones is 1. The smallest absolute Gasteiger partial charge is 0.140 e. The second-order valence-electron chi connectivity index (χ2n) is 4.95. The van der Waals surface area contributed by atoms with Crippen molar-refractivity contribution in [3.8, 4) is 0 Å². The Morgan fingerprint density at radius 3 is 2.74 bits per heavy atom. The molecule has 19 heavy (non-hydrogen) atoms. The lowest BCUT2D eigenvalue weighted by atomic mass is 9.91. The summed E-state index contributed by atoms with van der Waals surface area (Å²) in [5.41, 5.74) is 0.847. The lowest BCUT2D eigenvalue weighted by Crippen LogP contribution is -2.28. The number of aliphatic hydroxyl groups excluding tert-OH is 1. The highest BCUT2D eigenvalue weighted by atomic mass is 32.2. The lowest BCUT2D eigenvalue weighted by Gasteiger charge is -2.25. The van der Waals surface area contributed by atoms with Gasteiger partial charge in [0.25, 0.3) is 0 Å². The molecule has 1 heterocycles. The van der Waals surface area contributed by atoms with Crippen molar-refractivity contribution in [2.45, 2.75) is 12.5 Å². The molecule has 2 atom stereocenters. The third-order valence-corrected chi connectivity index (χ3v) is 4.79. The Balaban J connectivity index is 1.92. The van der Waals surface area contributed by atoms with Crippen molar-refractivity contribution in [2.24, 2.45) is 5.92 Å². The number of carbonyl (C=O) groups is 1. The summed E-state index contributed by atoms with van der Waals surface area (Å²) in [6, 6.07) is 14.0. The molecule has 0 amide bonds. The zero-order chi connectivity index (χ0) is 13.2. The van der Waals surface area contributed by atoms with Gasteiger partial charge in [0.2, 0.25) is 0 Å². The molecule has 1 aliphatic rings. The van der Waals surface area contributed by atoms with Crippen LogP contribution in [0.5, 0.6) is 0 Å². The molecular formula is C16H16O2S. The van der Waals surface area contributed by atoms with E-state index in [0.717, 1.165) is 27.8 Å². The number of carbonyl (C=O) groups excluding carboxylic acids is 1. The summed E-state index contributed by atoms with van der Waals surface area (Å²) < 4.78 is 0. The Morgan fingerprint density at radius 1 is 1.16 bits per heavy atom. The van der Waals surface area contributed by atoms with Gasteiger partial charge in [-0.25, -0.2) is 0 Å². The largest absolute Gasteiger partial charge is 0.388 e. The Kier molecular flexibility index (Phi) is 3.58. The molecule has 0 radical (unpaired) electrons. The number of fused-ring (bicyclic) bond motifs is 1. The average Bonchev–Trinajstić information content (AvgIpc) is 2.46. The van der Waals surface area contributed by atoms with Crippen molar-refractivity contribution in [1.29, 1.82) is 0 Å². The first-order valence-electron chi connectivity index (χ1n) is 6.53. The third-order valence-electron chi connectivity index (χ3n) is 3.70. The molecule has 1 fully saturated rings. The molecule has 3 heteroatoms. The van der Waals surface area contributed by atoms with Crippen molar-refractivity contribution in [3.05, 3.63) is 48.0 Å². The minimum Gasteiger partial charge on any atom is -0.388 e. The molecule has 0 spiro atoms. The van der Waals surface area contributed by atoms with Crippen LogP contribution >= 0.6 is 11.8 Å². The van der Waals surface area contributed by atoms with E-state index < -0.39 is 6.10 Å². The van der Waals surface area contributed by atoms with E-state index in [2.05, 4.69) is 0 Å². The van der Waals surface area contributed by atoms with Gasteiger partial charge in [-0.3, -0.25) is 4.79 Å². The van der Waals surface area contributed by atoms with Gasteiger partial charge in [-0.05, 0) is 22.4 Å². The summed E-state index contributed by atoms with van der Waals surface area (Å²) in [6.07, 6.45) is -0.0927. The fraction of sp³-hybridized carbons (Fsp3) is 0.312. The molecule has 1 N–H and O–H groups in total. The minimum absolute atomic E-state index is 0.194. The molecular weight excluding hydrogens is 256 g/mol. The summed E-state index contributed by atoms with van der Waals surface area (Å²) in [5.74, 6) is 1.56. The van der Waals surface area contributed by atoms with E-state index in [4.69, 9.17) is 0 Å². The monoisotopic (exact) mass is 272 g/mol. The van der Waals surface area contributed by atoms with Crippen LogP contribution in [0.15, 0.2) is 42.5 Å². The summed E-state index contributed by atoms with van der Waals surface area (Å²) in [7, 11) is 0. The number of benzene rings is 2. The van der Waals surface area contributed by atoms with Gasteiger partial charge in [-0.2, -0.15) is 11.8 Å². The maximum Gasteiger partial charge on any atom is 0.140 e. The van der Waals surface area contributed by atoms with Crippen molar-refractivity contribution in [1.82, 2.24) is 0 Å². The van der Waals surface area contributed by atoms with E-state index >= 15 is 0 Å². The van der Waals surface area contributed by atoms with Crippen LogP contribution in [0.25, 0.3) is 10.8 Å². The van der Waals surface area contributed by atoms with Crippen LogP contribution in [0.4, 0.5) is 0 Å². The van der Waals surface area contributed by atoms with Gasteiger partial charge in [0, 0.05) is 17.9 Å². The van der Waals surface area contributed by atoms with Gasteiger partial charge >= 0.3 is 0 Å². The maximum atomic E-state index is 11.9. The van der Waals surface area contributed by atoms with Crippen LogP contribution in [0.1, 0.15) is 18.1 Å².